The molecule has 1 amide bonds. The quantitative estimate of drug-likeness (QED) is 0.687. The van der Waals surface area contributed by atoms with Crippen LogP contribution in [-0.2, 0) is 14.3 Å². The summed E-state index contributed by atoms with van der Waals surface area (Å²) in [5.41, 5.74) is 0. The molecule has 0 aromatic rings. The largest absolute Gasteiger partial charge is 0.467 e. The molecule has 2 N–H and O–H groups in total. The number of methoxy groups -OCH3 is 1. The number of amides is 1. The van der Waals surface area contributed by atoms with Crippen molar-refractivity contribution in [2.75, 3.05) is 13.7 Å². The Kier molecular flexibility index (Phi) is 5.41. The Morgan fingerprint density at radius 3 is 2.71 bits per heavy atom. The van der Waals surface area contributed by atoms with Crippen molar-refractivity contribution in [3.63, 3.8) is 0 Å². The van der Waals surface area contributed by atoms with Gasteiger partial charge in [-0.1, -0.05) is 20.3 Å². The smallest absolute Gasteiger partial charge is 0.328 e. The van der Waals surface area contributed by atoms with Crippen molar-refractivity contribution in [3.05, 3.63) is 0 Å². The predicted octanol–water partition coefficient (Wildman–Crippen LogP) is 0.442. The molecular formula is C12H22N2O3. The van der Waals surface area contributed by atoms with E-state index in [4.69, 9.17) is 4.74 Å². The van der Waals surface area contributed by atoms with Crippen LogP contribution in [-0.4, -0.2) is 37.6 Å². The average Bonchev–Trinajstić information content (AvgIpc) is 2.87. The molecule has 1 rings (SSSR count). The molecule has 0 radical (unpaired) electrons. The number of hydrogen-bond acceptors (Lipinski definition) is 4. The maximum atomic E-state index is 11.9. The molecule has 1 fully saturated rings. The molecule has 0 bridgehead atoms. The minimum Gasteiger partial charge on any atom is -0.467 e. The molecule has 5 nitrogen and oxygen atoms in total. The van der Waals surface area contributed by atoms with Crippen LogP contribution in [0.2, 0.25) is 0 Å². The van der Waals surface area contributed by atoms with Crippen LogP contribution in [0.25, 0.3) is 0 Å². The topological polar surface area (TPSA) is 67.4 Å². The Hall–Kier alpha value is -1.10. The normalized spacial score (nSPS) is 22.9. The Bertz CT molecular complexity index is 275. The third kappa shape index (κ3) is 3.70. The molecule has 1 heterocycles. The lowest BCUT2D eigenvalue weighted by molar-refractivity contribution is -0.146. The van der Waals surface area contributed by atoms with Gasteiger partial charge in [-0.15, -0.1) is 0 Å². The van der Waals surface area contributed by atoms with Crippen LogP contribution in [0.4, 0.5) is 0 Å². The van der Waals surface area contributed by atoms with Gasteiger partial charge >= 0.3 is 5.97 Å². The Balaban J connectivity index is 2.58. The standard InChI is InChI=1S/C12H22N2O3/c1-4-8(2)10(12(16)17-3)14-11(15)9-6-5-7-13-9/h8-10,13H,4-7H2,1-3H3,(H,14,15)/t8?,9-,10?/m1/s1. The number of carbonyl (C=O) groups excluding carboxylic acids is 2. The van der Waals surface area contributed by atoms with Gasteiger partial charge in [-0.3, -0.25) is 4.79 Å². The summed E-state index contributed by atoms with van der Waals surface area (Å²) < 4.78 is 4.72. The van der Waals surface area contributed by atoms with E-state index in [1.165, 1.54) is 7.11 Å². The van der Waals surface area contributed by atoms with Crippen molar-refractivity contribution >= 4 is 11.9 Å². The monoisotopic (exact) mass is 242 g/mol. The summed E-state index contributed by atoms with van der Waals surface area (Å²) in [6.45, 7) is 4.79. The SMILES string of the molecule is CCC(C)C(NC(=O)[C@H]1CCCN1)C(=O)OC. The summed E-state index contributed by atoms with van der Waals surface area (Å²) in [6.07, 6.45) is 2.66. The third-order valence-electron chi connectivity index (χ3n) is 3.34. The second-order valence-electron chi connectivity index (χ2n) is 4.54. The molecule has 98 valence electrons. The zero-order valence-corrected chi connectivity index (χ0v) is 10.8. The van der Waals surface area contributed by atoms with E-state index < -0.39 is 6.04 Å². The van der Waals surface area contributed by atoms with Gasteiger partial charge in [-0.2, -0.15) is 0 Å². The fourth-order valence-corrected chi connectivity index (χ4v) is 1.96. The summed E-state index contributed by atoms with van der Waals surface area (Å²) in [6, 6.07) is -0.703. The molecule has 0 spiro atoms. The highest BCUT2D eigenvalue weighted by Gasteiger charge is 2.30. The van der Waals surface area contributed by atoms with Crippen molar-refractivity contribution < 1.29 is 14.3 Å². The molecule has 1 saturated heterocycles. The second kappa shape index (κ2) is 6.59. The van der Waals surface area contributed by atoms with Gasteiger partial charge in [0.05, 0.1) is 13.2 Å². The molecule has 5 heteroatoms. The average molecular weight is 242 g/mol. The van der Waals surface area contributed by atoms with Crippen molar-refractivity contribution in [2.45, 2.75) is 45.2 Å². The number of nitrogens with one attached hydrogen (secondary N) is 2. The van der Waals surface area contributed by atoms with E-state index in [1.807, 2.05) is 13.8 Å². The Morgan fingerprint density at radius 2 is 2.24 bits per heavy atom. The minimum absolute atomic E-state index is 0.0767. The summed E-state index contributed by atoms with van der Waals surface area (Å²) in [7, 11) is 1.34. The van der Waals surface area contributed by atoms with E-state index >= 15 is 0 Å². The van der Waals surface area contributed by atoms with E-state index in [9.17, 15) is 9.59 Å². The Labute approximate surface area is 102 Å². The van der Waals surface area contributed by atoms with Gasteiger partial charge in [-0.05, 0) is 25.3 Å². The maximum Gasteiger partial charge on any atom is 0.328 e. The van der Waals surface area contributed by atoms with Crippen LogP contribution >= 0.6 is 0 Å². The zero-order chi connectivity index (χ0) is 12.8. The number of hydrogen-bond donors (Lipinski definition) is 2. The molecule has 0 saturated carbocycles. The first kappa shape index (κ1) is 14.0. The Morgan fingerprint density at radius 1 is 1.53 bits per heavy atom. The van der Waals surface area contributed by atoms with Crippen LogP contribution in [0.3, 0.4) is 0 Å². The van der Waals surface area contributed by atoms with E-state index in [-0.39, 0.29) is 23.8 Å². The predicted molar refractivity (Wildman–Crippen MR) is 64.4 cm³/mol. The van der Waals surface area contributed by atoms with Gasteiger partial charge in [0.2, 0.25) is 5.91 Å². The highest BCUT2D eigenvalue weighted by atomic mass is 16.5. The lowest BCUT2D eigenvalue weighted by Gasteiger charge is -2.23. The fraction of sp³-hybridized carbons (Fsp3) is 0.833. The minimum atomic E-state index is -0.542. The summed E-state index contributed by atoms with van der Waals surface area (Å²) in [5.74, 6) is -0.392. The maximum absolute atomic E-state index is 11.9. The van der Waals surface area contributed by atoms with E-state index in [0.29, 0.717) is 0 Å². The summed E-state index contributed by atoms with van der Waals surface area (Å²) in [5, 5.41) is 5.90. The van der Waals surface area contributed by atoms with Gasteiger partial charge in [0.25, 0.3) is 0 Å². The number of carbonyl (C=O) groups is 2. The zero-order valence-electron chi connectivity index (χ0n) is 10.8. The van der Waals surface area contributed by atoms with Gasteiger partial charge in [0.15, 0.2) is 0 Å². The van der Waals surface area contributed by atoms with E-state index in [1.54, 1.807) is 0 Å². The van der Waals surface area contributed by atoms with Crippen LogP contribution in [0.15, 0.2) is 0 Å². The summed E-state index contributed by atoms with van der Waals surface area (Å²) in [4.78, 5) is 23.5. The lowest BCUT2D eigenvalue weighted by atomic mass is 9.99. The van der Waals surface area contributed by atoms with Gasteiger partial charge < -0.3 is 15.4 Å². The molecule has 0 aromatic heterocycles. The molecule has 3 atom stereocenters. The first-order chi connectivity index (χ1) is 8.10. The number of ether oxygens (including phenoxy) is 1. The van der Waals surface area contributed by atoms with Crippen LogP contribution in [0.1, 0.15) is 33.1 Å². The van der Waals surface area contributed by atoms with Crippen molar-refractivity contribution in [1.29, 1.82) is 0 Å². The molecule has 0 aromatic carbocycles. The van der Waals surface area contributed by atoms with E-state index in [2.05, 4.69) is 10.6 Å². The fourth-order valence-electron chi connectivity index (χ4n) is 1.96. The van der Waals surface area contributed by atoms with E-state index in [0.717, 1.165) is 25.8 Å². The molecule has 1 aliphatic rings. The van der Waals surface area contributed by atoms with Gasteiger partial charge in [-0.25, -0.2) is 4.79 Å². The molecule has 2 unspecified atom stereocenters. The number of esters is 1. The second-order valence-corrected chi connectivity index (χ2v) is 4.54. The lowest BCUT2D eigenvalue weighted by Crippen LogP contribution is -2.51. The first-order valence-electron chi connectivity index (χ1n) is 6.21. The molecule has 1 aliphatic heterocycles. The van der Waals surface area contributed by atoms with Gasteiger partial charge in [0.1, 0.15) is 6.04 Å². The molecular weight excluding hydrogens is 220 g/mol. The van der Waals surface area contributed by atoms with Crippen molar-refractivity contribution in [1.82, 2.24) is 10.6 Å². The highest BCUT2D eigenvalue weighted by molar-refractivity contribution is 5.87. The third-order valence-corrected chi connectivity index (χ3v) is 3.34. The molecule has 17 heavy (non-hydrogen) atoms. The first-order valence-corrected chi connectivity index (χ1v) is 6.21. The molecule has 0 aliphatic carbocycles. The van der Waals surface area contributed by atoms with Crippen LogP contribution in [0, 0.1) is 5.92 Å². The van der Waals surface area contributed by atoms with Gasteiger partial charge in [0, 0.05) is 0 Å². The van der Waals surface area contributed by atoms with Crippen molar-refractivity contribution in [2.24, 2.45) is 5.92 Å². The highest BCUT2D eigenvalue weighted by Crippen LogP contribution is 2.11. The van der Waals surface area contributed by atoms with Crippen LogP contribution < -0.4 is 10.6 Å². The number of rotatable bonds is 5. The van der Waals surface area contributed by atoms with Crippen molar-refractivity contribution in [3.8, 4) is 0 Å². The summed E-state index contributed by atoms with van der Waals surface area (Å²) >= 11 is 0. The van der Waals surface area contributed by atoms with Crippen LogP contribution in [0.5, 0.6) is 0 Å².